The first-order valence-corrected chi connectivity index (χ1v) is 8.86. The third-order valence-electron chi connectivity index (χ3n) is 3.50. The first kappa shape index (κ1) is 17.4. The number of hydrogen-bond acceptors (Lipinski definition) is 5. The summed E-state index contributed by atoms with van der Waals surface area (Å²) in [5.41, 5.74) is 1.81. The maximum atomic E-state index is 12.5. The highest BCUT2D eigenvalue weighted by molar-refractivity contribution is 8.26. The molecule has 6 heteroatoms. The van der Waals surface area contributed by atoms with E-state index in [-0.39, 0.29) is 19.1 Å². The van der Waals surface area contributed by atoms with Crippen molar-refractivity contribution in [3.8, 4) is 0 Å². The van der Waals surface area contributed by atoms with Crippen LogP contribution < -0.4 is 0 Å². The van der Waals surface area contributed by atoms with E-state index >= 15 is 0 Å². The first-order chi connectivity index (χ1) is 12.1. The Balaban J connectivity index is 1.61. The molecule has 0 radical (unpaired) electrons. The summed E-state index contributed by atoms with van der Waals surface area (Å²) in [4.78, 5) is 26.3. The lowest BCUT2D eigenvalue weighted by atomic mass is 10.2. The van der Waals surface area contributed by atoms with E-state index in [0.717, 1.165) is 11.1 Å². The second-order valence-electron chi connectivity index (χ2n) is 5.32. The molecule has 2 aromatic carbocycles. The van der Waals surface area contributed by atoms with Crippen molar-refractivity contribution < 1.29 is 14.3 Å². The average molecular weight is 369 g/mol. The standard InChI is InChI=1S/C19H15NO3S2/c21-17(23-13-15-9-5-2-6-10-15)12-20-18(22)16(25-19(20)24)11-14-7-3-1-4-8-14/h1-11H,12-13H2. The highest BCUT2D eigenvalue weighted by atomic mass is 32.2. The van der Waals surface area contributed by atoms with Crippen LogP contribution in [0.1, 0.15) is 11.1 Å². The van der Waals surface area contributed by atoms with Crippen molar-refractivity contribution in [2.45, 2.75) is 6.61 Å². The highest BCUT2D eigenvalue weighted by Gasteiger charge is 2.33. The molecule has 25 heavy (non-hydrogen) atoms. The topological polar surface area (TPSA) is 46.6 Å². The van der Waals surface area contributed by atoms with Crippen LogP contribution >= 0.6 is 24.0 Å². The molecular weight excluding hydrogens is 354 g/mol. The zero-order valence-corrected chi connectivity index (χ0v) is 14.9. The molecule has 1 saturated heterocycles. The van der Waals surface area contributed by atoms with Crippen LogP contribution in [0.5, 0.6) is 0 Å². The van der Waals surface area contributed by atoms with Crippen molar-refractivity contribution in [3.63, 3.8) is 0 Å². The molecule has 0 aromatic heterocycles. The van der Waals surface area contributed by atoms with E-state index in [4.69, 9.17) is 17.0 Å². The Kier molecular flexibility index (Phi) is 5.63. The Morgan fingerprint density at radius 3 is 2.40 bits per heavy atom. The Bertz CT molecular complexity index is 819. The van der Waals surface area contributed by atoms with Crippen LogP contribution in [0, 0.1) is 0 Å². The Labute approximate surface area is 155 Å². The molecule has 1 fully saturated rings. The van der Waals surface area contributed by atoms with Gasteiger partial charge in [0, 0.05) is 0 Å². The van der Waals surface area contributed by atoms with E-state index in [2.05, 4.69) is 0 Å². The van der Waals surface area contributed by atoms with Crippen LogP contribution in [0.3, 0.4) is 0 Å². The molecule has 3 rings (SSSR count). The third-order valence-corrected chi connectivity index (χ3v) is 4.88. The molecule has 1 aliphatic rings. The summed E-state index contributed by atoms with van der Waals surface area (Å²) >= 11 is 6.42. The molecule has 0 spiro atoms. The normalized spacial score (nSPS) is 15.7. The minimum atomic E-state index is -0.485. The van der Waals surface area contributed by atoms with E-state index in [1.165, 1.54) is 16.7 Å². The number of amides is 1. The lowest BCUT2D eigenvalue weighted by Crippen LogP contribution is -2.34. The molecule has 0 saturated carbocycles. The lowest BCUT2D eigenvalue weighted by molar-refractivity contribution is -0.147. The van der Waals surface area contributed by atoms with Gasteiger partial charge in [-0.1, -0.05) is 84.6 Å². The Morgan fingerprint density at radius 1 is 1.08 bits per heavy atom. The van der Waals surface area contributed by atoms with Crippen molar-refractivity contribution in [3.05, 3.63) is 76.7 Å². The van der Waals surface area contributed by atoms with Crippen molar-refractivity contribution >= 4 is 46.3 Å². The molecule has 0 N–H and O–H groups in total. The number of benzene rings is 2. The van der Waals surface area contributed by atoms with E-state index in [9.17, 15) is 9.59 Å². The quantitative estimate of drug-likeness (QED) is 0.458. The fourth-order valence-corrected chi connectivity index (χ4v) is 3.50. The van der Waals surface area contributed by atoms with Gasteiger partial charge in [0.15, 0.2) is 0 Å². The fourth-order valence-electron chi connectivity index (χ4n) is 2.25. The summed E-state index contributed by atoms with van der Waals surface area (Å²) in [6.45, 7) is -0.00203. The summed E-state index contributed by atoms with van der Waals surface area (Å²) in [6.07, 6.45) is 1.77. The number of thioether (sulfide) groups is 1. The van der Waals surface area contributed by atoms with E-state index in [1.54, 1.807) is 6.08 Å². The average Bonchev–Trinajstić information content (AvgIpc) is 2.89. The number of hydrogen-bond donors (Lipinski definition) is 0. The summed E-state index contributed by atoms with van der Waals surface area (Å²) < 4.78 is 5.58. The number of nitrogens with zero attached hydrogens (tertiary/aromatic N) is 1. The van der Waals surface area contributed by atoms with Crippen LogP contribution in [0.15, 0.2) is 65.6 Å². The van der Waals surface area contributed by atoms with Gasteiger partial charge in [0.25, 0.3) is 5.91 Å². The molecule has 0 bridgehead atoms. The van der Waals surface area contributed by atoms with E-state index in [0.29, 0.717) is 9.23 Å². The van der Waals surface area contributed by atoms with E-state index < -0.39 is 5.97 Å². The van der Waals surface area contributed by atoms with Gasteiger partial charge in [0.2, 0.25) is 0 Å². The summed E-state index contributed by atoms with van der Waals surface area (Å²) in [7, 11) is 0. The first-order valence-electron chi connectivity index (χ1n) is 7.63. The predicted molar refractivity (Wildman–Crippen MR) is 103 cm³/mol. The minimum absolute atomic E-state index is 0.175. The number of carbonyl (C=O) groups excluding carboxylic acids is 2. The maximum absolute atomic E-state index is 12.5. The highest BCUT2D eigenvalue weighted by Crippen LogP contribution is 2.32. The van der Waals surface area contributed by atoms with Gasteiger partial charge in [-0.15, -0.1) is 0 Å². The van der Waals surface area contributed by atoms with Crippen LogP contribution in [0.2, 0.25) is 0 Å². The summed E-state index contributed by atoms with van der Waals surface area (Å²) in [5, 5.41) is 0. The molecule has 4 nitrogen and oxygen atoms in total. The molecule has 126 valence electrons. The monoisotopic (exact) mass is 369 g/mol. The molecule has 0 aliphatic carbocycles. The van der Waals surface area contributed by atoms with Crippen LogP contribution in [0.25, 0.3) is 6.08 Å². The largest absolute Gasteiger partial charge is 0.459 e. The second kappa shape index (κ2) is 8.09. The number of rotatable bonds is 5. The van der Waals surface area contributed by atoms with Gasteiger partial charge in [-0.3, -0.25) is 14.5 Å². The van der Waals surface area contributed by atoms with Gasteiger partial charge in [0.1, 0.15) is 17.5 Å². The third kappa shape index (κ3) is 4.55. The number of esters is 1. The van der Waals surface area contributed by atoms with Crippen LogP contribution in [0.4, 0.5) is 0 Å². The summed E-state index contributed by atoms with van der Waals surface area (Å²) in [6, 6.07) is 18.9. The minimum Gasteiger partial charge on any atom is -0.459 e. The van der Waals surface area contributed by atoms with Crippen molar-refractivity contribution in [1.29, 1.82) is 0 Å². The molecular formula is C19H15NO3S2. The molecule has 1 amide bonds. The van der Waals surface area contributed by atoms with Crippen LogP contribution in [-0.4, -0.2) is 27.6 Å². The molecule has 0 atom stereocenters. The fraction of sp³-hybridized carbons (Fsp3) is 0.105. The zero-order valence-electron chi connectivity index (χ0n) is 13.3. The Hall–Kier alpha value is -2.44. The van der Waals surface area contributed by atoms with Gasteiger partial charge < -0.3 is 4.74 Å². The predicted octanol–water partition coefficient (Wildman–Crippen LogP) is 3.63. The smallest absolute Gasteiger partial charge is 0.326 e. The second-order valence-corrected chi connectivity index (χ2v) is 7.00. The van der Waals surface area contributed by atoms with Gasteiger partial charge in [-0.05, 0) is 17.2 Å². The zero-order chi connectivity index (χ0) is 17.6. The molecule has 1 aliphatic heterocycles. The van der Waals surface area contributed by atoms with Gasteiger partial charge >= 0.3 is 5.97 Å². The van der Waals surface area contributed by atoms with E-state index in [1.807, 2.05) is 60.7 Å². The SMILES string of the molecule is O=C(CN1C(=O)C(=Cc2ccccc2)SC1=S)OCc1ccccc1. The van der Waals surface area contributed by atoms with Crippen molar-refractivity contribution in [2.24, 2.45) is 0 Å². The molecule has 2 aromatic rings. The number of carbonyl (C=O) groups is 2. The summed E-state index contributed by atoms with van der Waals surface area (Å²) in [5.74, 6) is -0.753. The van der Waals surface area contributed by atoms with Crippen LogP contribution in [-0.2, 0) is 20.9 Å². The number of thiocarbonyl (C=S) groups is 1. The maximum Gasteiger partial charge on any atom is 0.326 e. The van der Waals surface area contributed by atoms with Gasteiger partial charge in [0.05, 0.1) is 4.91 Å². The Morgan fingerprint density at radius 2 is 1.72 bits per heavy atom. The molecule has 1 heterocycles. The molecule has 0 unspecified atom stereocenters. The van der Waals surface area contributed by atoms with Gasteiger partial charge in [-0.2, -0.15) is 0 Å². The number of ether oxygens (including phenoxy) is 1. The van der Waals surface area contributed by atoms with Gasteiger partial charge in [-0.25, -0.2) is 0 Å². The lowest BCUT2D eigenvalue weighted by Gasteiger charge is -2.13. The van der Waals surface area contributed by atoms with Crippen molar-refractivity contribution in [2.75, 3.05) is 6.54 Å². The van der Waals surface area contributed by atoms with Crippen molar-refractivity contribution in [1.82, 2.24) is 4.90 Å².